The average molecular weight is 304 g/mol. The number of amides is 2. The molecule has 1 atom stereocenters. The van der Waals surface area contributed by atoms with Crippen LogP contribution < -0.4 is 5.32 Å². The average Bonchev–Trinajstić information content (AvgIpc) is 2.52. The van der Waals surface area contributed by atoms with Crippen molar-refractivity contribution in [1.29, 1.82) is 0 Å². The maximum absolute atomic E-state index is 12.0. The van der Waals surface area contributed by atoms with E-state index >= 15 is 0 Å². The second-order valence-electron chi connectivity index (χ2n) is 4.83. The molecule has 0 saturated heterocycles. The van der Waals surface area contributed by atoms with Crippen molar-refractivity contribution in [3.63, 3.8) is 0 Å². The van der Waals surface area contributed by atoms with Crippen molar-refractivity contribution in [2.75, 3.05) is 13.1 Å². The van der Waals surface area contributed by atoms with Gasteiger partial charge in [-0.15, -0.1) is 0 Å². The zero-order chi connectivity index (χ0) is 16.5. The SMILES string of the molecule is C=CC(=O)N(CC)CC(=O)NC(Cc1ccccc1)B(O)O. The monoisotopic (exact) mass is 304 g/mol. The lowest BCUT2D eigenvalue weighted by molar-refractivity contribution is -0.132. The van der Waals surface area contributed by atoms with E-state index in [1.54, 1.807) is 6.92 Å². The molecule has 0 fully saturated rings. The fourth-order valence-corrected chi connectivity index (χ4v) is 2.00. The van der Waals surface area contributed by atoms with Crippen LogP contribution in [0.15, 0.2) is 43.0 Å². The maximum atomic E-state index is 12.0. The summed E-state index contributed by atoms with van der Waals surface area (Å²) >= 11 is 0. The molecule has 3 N–H and O–H groups in total. The van der Waals surface area contributed by atoms with Crippen molar-refractivity contribution in [2.45, 2.75) is 19.3 Å². The molecule has 1 rings (SSSR count). The van der Waals surface area contributed by atoms with Crippen LogP contribution in [0.3, 0.4) is 0 Å². The molecule has 0 aromatic heterocycles. The number of nitrogens with one attached hydrogen (secondary N) is 1. The molecular formula is C15H21BN2O4. The van der Waals surface area contributed by atoms with Gasteiger partial charge in [0.25, 0.3) is 0 Å². The highest BCUT2D eigenvalue weighted by Crippen LogP contribution is 2.04. The second-order valence-corrected chi connectivity index (χ2v) is 4.83. The van der Waals surface area contributed by atoms with Crippen LogP contribution in [0.4, 0.5) is 0 Å². The van der Waals surface area contributed by atoms with Gasteiger partial charge in [-0.2, -0.15) is 0 Å². The minimum absolute atomic E-state index is 0.153. The second kappa shape index (κ2) is 9.02. The Kier molecular flexibility index (Phi) is 7.35. The third-order valence-electron chi connectivity index (χ3n) is 3.21. The summed E-state index contributed by atoms with van der Waals surface area (Å²) in [4.78, 5) is 24.8. The van der Waals surface area contributed by atoms with E-state index in [1.165, 1.54) is 4.90 Å². The van der Waals surface area contributed by atoms with Crippen LogP contribution in [0, 0.1) is 0 Å². The van der Waals surface area contributed by atoms with Gasteiger partial charge in [-0.3, -0.25) is 9.59 Å². The van der Waals surface area contributed by atoms with Gasteiger partial charge in [0.1, 0.15) is 0 Å². The highest BCUT2D eigenvalue weighted by Gasteiger charge is 2.26. The molecule has 6 nitrogen and oxygen atoms in total. The third kappa shape index (κ3) is 5.71. The number of nitrogens with zero attached hydrogens (tertiary/aromatic N) is 1. The first-order valence-electron chi connectivity index (χ1n) is 7.08. The third-order valence-corrected chi connectivity index (χ3v) is 3.21. The minimum Gasteiger partial charge on any atom is -0.426 e. The lowest BCUT2D eigenvalue weighted by atomic mass is 9.76. The topological polar surface area (TPSA) is 89.9 Å². The van der Waals surface area contributed by atoms with E-state index in [-0.39, 0.29) is 18.9 Å². The van der Waals surface area contributed by atoms with E-state index < -0.39 is 19.0 Å². The molecule has 1 aromatic rings. The number of hydrogen-bond donors (Lipinski definition) is 3. The van der Waals surface area contributed by atoms with E-state index in [9.17, 15) is 19.6 Å². The van der Waals surface area contributed by atoms with E-state index in [1.807, 2.05) is 30.3 Å². The van der Waals surface area contributed by atoms with E-state index in [0.29, 0.717) is 6.54 Å². The molecule has 22 heavy (non-hydrogen) atoms. The Labute approximate surface area is 130 Å². The Morgan fingerprint density at radius 1 is 1.36 bits per heavy atom. The van der Waals surface area contributed by atoms with Gasteiger partial charge >= 0.3 is 7.12 Å². The summed E-state index contributed by atoms with van der Waals surface area (Å²) < 4.78 is 0. The first-order chi connectivity index (χ1) is 10.5. The molecule has 1 aromatic carbocycles. The summed E-state index contributed by atoms with van der Waals surface area (Å²) in [5, 5.41) is 21.4. The predicted molar refractivity (Wildman–Crippen MR) is 84.7 cm³/mol. The molecule has 0 heterocycles. The van der Waals surface area contributed by atoms with Crippen LogP contribution in [-0.2, 0) is 16.0 Å². The Morgan fingerprint density at radius 3 is 2.50 bits per heavy atom. The number of hydrogen-bond acceptors (Lipinski definition) is 4. The molecule has 0 aliphatic heterocycles. The number of carbonyl (C=O) groups excluding carboxylic acids is 2. The lowest BCUT2D eigenvalue weighted by Crippen LogP contribution is -2.51. The van der Waals surface area contributed by atoms with Crippen molar-refractivity contribution < 1.29 is 19.6 Å². The molecule has 0 radical (unpaired) electrons. The van der Waals surface area contributed by atoms with Gasteiger partial charge in [-0.25, -0.2) is 0 Å². The smallest absolute Gasteiger partial charge is 0.426 e. The van der Waals surface area contributed by atoms with Crippen molar-refractivity contribution in [1.82, 2.24) is 10.2 Å². The van der Waals surface area contributed by atoms with Crippen LogP contribution in [-0.4, -0.2) is 52.9 Å². The van der Waals surface area contributed by atoms with E-state index in [2.05, 4.69) is 11.9 Å². The van der Waals surface area contributed by atoms with Crippen molar-refractivity contribution in [2.24, 2.45) is 0 Å². The summed E-state index contributed by atoms with van der Waals surface area (Å²) in [5.74, 6) is -1.64. The molecule has 0 aliphatic carbocycles. The first kappa shape index (κ1) is 17.9. The Balaban J connectivity index is 2.64. The Hall–Kier alpha value is -2.12. The summed E-state index contributed by atoms with van der Waals surface area (Å²) in [5.41, 5.74) is 0.871. The van der Waals surface area contributed by atoms with Crippen molar-refractivity contribution >= 4 is 18.9 Å². The number of benzene rings is 1. The van der Waals surface area contributed by atoms with E-state index in [4.69, 9.17) is 0 Å². The van der Waals surface area contributed by atoms with Gasteiger partial charge in [-0.1, -0.05) is 36.9 Å². The molecule has 1 unspecified atom stereocenters. The molecule has 0 saturated carbocycles. The molecule has 118 valence electrons. The molecule has 7 heteroatoms. The van der Waals surface area contributed by atoms with Gasteiger partial charge in [0.15, 0.2) is 0 Å². The molecule has 0 bridgehead atoms. The highest BCUT2D eigenvalue weighted by atomic mass is 16.4. The Bertz CT molecular complexity index is 508. The standard InChI is InChI=1S/C15H21BN2O4/c1-3-15(20)18(4-2)11-14(19)17-13(16(21)22)10-12-8-6-5-7-9-12/h3,5-9,13,21-22H,1,4,10-11H2,2H3,(H,17,19). The van der Waals surface area contributed by atoms with Gasteiger partial charge in [-0.05, 0) is 25.0 Å². The van der Waals surface area contributed by atoms with Crippen LogP contribution >= 0.6 is 0 Å². The summed E-state index contributed by atoms with van der Waals surface area (Å²) in [6.45, 7) is 5.34. The van der Waals surface area contributed by atoms with Crippen LogP contribution in [0.1, 0.15) is 12.5 Å². The van der Waals surface area contributed by atoms with Crippen molar-refractivity contribution in [3.05, 3.63) is 48.6 Å². The molecule has 2 amide bonds. The van der Waals surface area contributed by atoms with E-state index in [0.717, 1.165) is 11.6 Å². The Morgan fingerprint density at radius 2 is 2.00 bits per heavy atom. The number of likely N-dealkylation sites (N-methyl/N-ethyl adjacent to an activating group) is 1. The quantitative estimate of drug-likeness (QED) is 0.457. The highest BCUT2D eigenvalue weighted by molar-refractivity contribution is 6.43. The largest absolute Gasteiger partial charge is 0.475 e. The predicted octanol–water partition coefficient (Wildman–Crippen LogP) is -0.240. The van der Waals surface area contributed by atoms with Crippen LogP contribution in [0.5, 0.6) is 0 Å². The summed E-state index contributed by atoms with van der Waals surface area (Å²) in [6.07, 6.45) is 1.42. The minimum atomic E-state index is -1.69. The maximum Gasteiger partial charge on any atom is 0.475 e. The lowest BCUT2D eigenvalue weighted by Gasteiger charge is -2.22. The number of carbonyl (C=O) groups is 2. The van der Waals surface area contributed by atoms with Crippen LogP contribution in [0.25, 0.3) is 0 Å². The van der Waals surface area contributed by atoms with Gasteiger partial charge in [0.2, 0.25) is 11.8 Å². The summed E-state index contributed by atoms with van der Waals surface area (Å²) in [7, 11) is -1.69. The normalized spacial score (nSPS) is 11.4. The molecule has 0 aliphatic rings. The fourth-order valence-electron chi connectivity index (χ4n) is 2.00. The zero-order valence-electron chi connectivity index (χ0n) is 12.6. The summed E-state index contributed by atoms with van der Waals surface area (Å²) in [6, 6.07) is 9.19. The molecular weight excluding hydrogens is 283 g/mol. The van der Waals surface area contributed by atoms with Gasteiger partial charge < -0.3 is 20.3 Å². The van der Waals surface area contributed by atoms with Gasteiger partial charge in [0, 0.05) is 6.54 Å². The zero-order valence-corrected chi connectivity index (χ0v) is 12.6. The van der Waals surface area contributed by atoms with Crippen molar-refractivity contribution in [3.8, 4) is 0 Å². The molecule has 0 spiro atoms. The van der Waals surface area contributed by atoms with Gasteiger partial charge in [0.05, 0.1) is 12.5 Å². The van der Waals surface area contributed by atoms with Crippen LogP contribution in [0.2, 0.25) is 0 Å². The first-order valence-corrected chi connectivity index (χ1v) is 7.08. The number of rotatable bonds is 8. The fraction of sp³-hybridized carbons (Fsp3) is 0.333.